The number of alkyl halides is 3. The number of amides is 1. The summed E-state index contributed by atoms with van der Waals surface area (Å²) in [6, 6.07) is 1.53. The Bertz CT molecular complexity index is 543. The van der Waals surface area contributed by atoms with Gasteiger partial charge in [-0.3, -0.25) is 9.59 Å². The molecule has 0 saturated heterocycles. The summed E-state index contributed by atoms with van der Waals surface area (Å²) in [5.74, 6) is -3.59. The Morgan fingerprint density at radius 1 is 1.33 bits per heavy atom. The first kappa shape index (κ1) is 16.9. The quantitative estimate of drug-likeness (QED) is 0.822. The molecule has 0 saturated carbocycles. The van der Waals surface area contributed by atoms with E-state index in [1.165, 1.54) is 6.92 Å². The van der Waals surface area contributed by atoms with Crippen LogP contribution in [0.15, 0.2) is 18.2 Å². The summed E-state index contributed by atoms with van der Waals surface area (Å²) in [5, 5.41) is 10.8. The zero-order chi connectivity index (χ0) is 16.2. The topological polar surface area (TPSA) is 66.4 Å². The van der Waals surface area contributed by atoms with Crippen LogP contribution in [0.5, 0.6) is 0 Å². The molecule has 1 rings (SSSR count). The van der Waals surface area contributed by atoms with Crippen LogP contribution in [0.3, 0.4) is 0 Å². The van der Waals surface area contributed by atoms with E-state index >= 15 is 0 Å². The molecule has 0 aliphatic carbocycles. The molecule has 0 aromatic heterocycles. The van der Waals surface area contributed by atoms with E-state index in [2.05, 4.69) is 5.32 Å². The molecule has 1 amide bonds. The van der Waals surface area contributed by atoms with Crippen LogP contribution in [0.25, 0.3) is 0 Å². The summed E-state index contributed by atoms with van der Waals surface area (Å²) in [4.78, 5) is 22.1. The van der Waals surface area contributed by atoms with Crippen LogP contribution in [0.2, 0.25) is 0 Å². The predicted octanol–water partition coefficient (Wildman–Crippen LogP) is 2.69. The molecule has 1 aromatic rings. The third kappa shape index (κ3) is 5.05. The molecule has 0 radical (unpaired) electrons. The van der Waals surface area contributed by atoms with Gasteiger partial charge >= 0.3 is 12.1 Å². The van der Waals surface area contributed by atoms with E-state index in [0.29, 0.717) is 18.2 Å². The average Bonchev–Trinajstić information content (AvgIpc) is 2.34. The van der Waals surface area contributed by atoms with Crippen molar-refractivity contribution >= 4 is 11.9 Å². The Labute approximate surface area is 117 Å². The summed E-state index contributed by atoms with van der Waals surface area (Å²) < 4.78 is 50.9. The summed E-state index contributed by atoms with van der Waals surface area (Å²) in [6.45, 7) is 1.46. The smallest absolute Gasteiger partial charge is 0.416 e. The number of carboxylic acid groups (broad SMARTS) is 1. The molecule has 1 atom stereocenters. The van der Waals surface area contributed by atoms with Crippen molar-refractivity contribution in [2.24, 2.45) is 5.92 Å². The lowest BCUT2D eigenvalue weighted by atomic mass is 10.1. The summed E-state index contributed by atoms with van der Waals surface area (Å²) in [5.41, 5.74) is -1.86. The van der Waals surface area contributed by atoms with E-state index in [9.17, 15) is 27.2 Å². The second-order valence-electron chi connectivity index (χ2n) is 4.61. The molecule has 1 unspecified atom stereocenters. The number of hydrogen-bond acceptors (Lipinski definition) is 2. The molecule has 0 aliphatic rings. The van der Waals surface area contributed by atoms with Gasteiger partial charge in [0.25, 0.3) is 5.91 Å². The number of carbonyl (C=O) groups is 2. The monoisotopic (exact) mass is 307 g/mol. The van der Waals surface area contributed by atoms with Crippen molar-refractivity contribution in [2.75, 3.05) is 6.54 Å². The maximum absolute atomic E-state index is 13.4. The Kier molecular flexibility index (Phi) is 5.28. The van der Waals surface area contributed by atoms with Crippen LogP contribution >= 0.6 is 0 Å². The summed E-state index contributed by atoms with van der Waals surface area (Å²) in [7, 11) is 0. The molecule has 1 aromatic carbocycles. The lowest BCUT2D eigenvalue weighted by Gasteiger charge is -2.12. The predicted molar refractivity (Wildman–Crippen MR) is 65.2 cm³/mol. The molecule has 0 fully saturated rings. The highest BCUT2D eigenvalue weighted by atomic mass is 19.4. The minimum absolute atomic E-state index is 0.0825. The van der Waals surface area contributed by atoms with Crippen molar-refractivity contribution in [3.05, 3.63) is 35.1 Å². The van der Waals surface area contributed by atoms with Gasteiger partial charge < -0.3 is 10.4 Å². The first-order valence-corrected chi connectivity index (χ1v) is 5.98. The van der Waals surface area contributed by atoms with E-state index < -0.39 is 40.9 Å². The maximum atomic E-state index is 13.4. The molecule has 8 heteroatoms. The molecule has 0 bridgehead atoms. The van der Waals surface area contributed by atoms with Gasteiger partial charge in [-0.25, -0.2) is 4.39 Å². The van der Waals surface area contributed by atoms with Crippen LogP contribution in [0.4, 0.5) is 17.6 Å². The standard InChI is InChI=1S/C13H13F4NO3/c1-7(4-11(19)20)6-18-12(21)9-5-8(13(15,16)17)2-3-10(9)14/h2-3,5,7H,4,6H2,1H3,(H,18,21)(H,19,20). The fourth-order valence-electron chi connectivity index (χ4n) is 1.61. The van der Waals surface area contributed by atoms with E-state index in [0.717, 1.165) is 0 Å². The fraction of sp³-hybridized carbons (Fsp3) is 0.385. The minimum atomic E-state index is -4.68. The van der Waals surface area contributed by atoms with Gasteiger partial charge in [0.15, 0.2) is 0 Å². The molecule has 2 N–H and O–H groups in total. The zero-order valence-electron chi connectivity index (χ0n) is 11.0. The zero-order valence-corrected chi connectivity index (χ0v) is 11.0. The third-order valence-corrected chi connectivity index (χ3v) is 2.67. The largest absolute Gasteiger partial charge is 0.481 e. The van der Waals surface area contributed by atoms with Gasteiger partial charge in [0.05, 0.1) is 11.1 Å². The Morgan fingerprint density at radius 3 is 2.48 bits per heavy atom. The number of carbonyl (C=O) groups excluding carboxylic acids is 1. The lowest BCUT2D eigenvalue weighted by Crippen LogP contribution is -2.30. The van der Waals surface area contributed by atoms with Gasteiger partial charge in [-0.2, -0.15) is 13.2 Å². The third-order valence-electron chi connectivity index (χ3n) is 2.67. The molecule has 116 valence electrons. The van der Waals surface area contributed by atoms with Crippen molar-refractivity contribution in [1.82, 2.24) is 5.32 Å². The molecule has 0 aliphatic heterocycles. The van der Waals surface area contributed by atoms with Crippen molar-refractivity contribution in [3.8, 4) is 0 Å². The van der Waals surface area contributed by atoms with Crippen molar-refractivity contribution in [3.63, 3.8) is 0 Å². The second kappa shape index (κ2) is 6.55. The number of benzene rings is 1. The number of carboxylic acids is 1. The molecular formula is C13H13F4NO3. The number of halogens is 4. The highest BCUT2D eigenvalue weighted by Crippen LogP contribution is 2.30. The highest BCUT2D eigenvalue weighted by Gasteiger charge is 2.31. The molecule has 0 heterocycles. The van der Waals surface area contributed by atoms with E-state index in [4.69, 9.17) is 5.11 Å². The van der Waals surface area contributed by atoms with E-state index in [1.807, 2.05) is 0 Å². The average molecular weight is 307 g/mol. The van der Waals surface area contributed by atoms with E-state index in [1.54, 1.807) is 0 Å². The van der Waals surface area contributed by atoms with Gasteiger partial charge in [0.2, 0.25) is 0 Å². The van der Waals surface area contributed by atoms with Crippen LogP contribution in [0.1, 0.15) is 29.3 Å². The Morgan fingerprint density at radius 2 is 1.95 bits per heavy atom. The van der Waals surface area contributed by atoms with Crippen LogP contribution in [-0.2, 0) is 11.0 Å². The van der Waals surface area contributed by atoms with Crippen molar-refractivity contribution in [1.29, 1.82) is 0 Å². The number of rotatable bonds is 5. The van der Waals surface area contributed by atoms with Crippen LogP contribution < -0.4 is 5.32 Å². The van der Waals surface area contributed by atoms with Crippen molar-refractivity contribution in [2.45, 2.75) is 19.5 Å². The Balaban J connectivity index is 2.80. The fourth-order valence-corrected chi connectivity index (χ4v) is 1.61. The van der Waals surface area contributed by atoms with Gasteiger partial charge in [-0.1, -0.05) is 6.92 Å². The normalized spacial score (nSPS) is 12.8. The molecular weight excluding hydrogens is 294 g/mol. The minimum Gasteiger partial charge on any atom is -0.481 e. The molecule has 4 nitrogen and oxygen atoms in total. The van der Waals surface area contributed by atoms with E-state index in [-0.39, 0.29) is 13.0 Å². The first-order chi connectivity index (χ1) is 9.61. The SMILES string of the molecule is CC(CNC(=O)c1cc(C(F)(F)F)ccc1F)CC(=O)O. The first-order valence-electron chi connectivity index (χ1n) is 5.98. The summed E-state index contributed by atoms with van der Waals surface area (Å²) in [6.07, 6.45) is -4.90. The van der Waals surface area contributed by atoms with Gasteiger partial charge in [-0.05, 0) is 24.1 Å². The van der Waals surface area contributed by atoms with Crippen LogP contribution in [0, 0.1) is 11.7 Å². The highest BCUT2D eigenvalue weighted by molar-refractivity contribution is 5.94. The number of aliphatic carboxylic acids is 1. The van der Waals surface area contributed by atoms with Crippen molar-refractivity contribution < 1.29 is 32.3 Å². The lowest BCUT2D eigenvalue weighted by molar-refractivity contribution is -0.138. The number of nitrogens with one attached hydrogen (secondary N) is 1. The van der Waals surface area contributed by atoms with Gasteiger partial charge in [-0.15, -0.1) is 0 Å². The second-order valence-corrected chi connectivity index (χ2v) is 4.61. The summed E-state index contributed by atoms with van der Waals surface area (Å²) >= 11 is 0. The number of hydrogen-bond donors (Lipinski definition) is 2. The molecule has 0 spiro atoms. The van der Waals surface area contributed by atoms with Crippen LogP contribution in [-0.4, -0.2) is 23.5 Å². The maximum Gasteiger partial charge on any atom is 0.416 e. The van der Waals surface area contributed by atoms with Gasteiger partial charge in [0, 0.05) is 13.0 Å². The Hall–Kier alpha value is -2.12. The molecule has 21 heavy (non-hydrogen) atoms. The van der Waals surface area contributed by atoms with Gasteiger partial charge in [0.1, 0.15) is 5.82 Å².